The molecule has 0 saturated carbocycles. The fourth-order valence-electron chi connectivity index (χ4n) is 3.17. The van der Waals surface area contributed by atoms with Gasteiger partial charge in [-0.05, 0) is 32.9 Å². The number of hydrogen-bond donors (Lipinski definition) is 1. The van der Waals surface area contributed by atoms with Crippen molar-refractivity contribution >= 4 is 18.3 Å². The molecule has 1 atom stereocenters. The third-order valence-electron chi connectivity index (χ3n) is 4.49. The normalized spacial score (nSPS) is 17.5. The first kappa shape index (κ1) is 18.5. The molecule has 1 aromatic heterocycles. The highest BCUT2D eigenvalue weighted by molar-refractivity contribution is 5.85. The van der Waals surface area contributed by atoms with Crippen molar-refractivity contribution in [3.05, 3.63) is 47.3 Å². The molecule has 1 aromatic carbocycles. The van der Waals surface area contributed by atoms with E-state index in [0.29, 0.717) is 12.5 Å². The molecule has 3 rings (SSSR count). The molecular formula is C18H25ClN4O. The van der Waals surface area contributed by atoms with Crippen molar-refractivity contribution in [2.24, 2.45) is 0 Å². The van der Waals surface area contributed by atoms with Crippen molar-refractivity contribution in [1.29, 1.82) is 0 Å². The van der Waals surface area contributed by atoms with Gasteiger partial charge in [0, 0.05) is 36.9 Å². The molecule has 0 aliphatic carbocycles. The van der Waals surface area contributed by atoms with Crippen molar-refractivity contribution in [2.45, 2.75) is 33.2 Å². The van der Waals surface area contributed by atoms with E-state index in [1.54, 1.807) is 0 Å². The molecule has 130 valence electrons. The van der Waals surface area contributed by atoms with E-state index < -0.39 is 0 Å². The maximum atomic E-state index is 12.6. The lowest BCUT2D eigenvalue weighted by Crippen LogP contribution is -2.51. The number of para-hydroxylation sites is 1. The lowest BCUT2D eigenvalue weighted by atomic mass is 10.1. The first-order chi connectivity index (χ1) is 11.1. The van der Waals surface area contributed by atoms with Crippen LogP contribution in [0, 0.1) is 13.8 Å². The Balaban J connectivity index is 0.00000208. The summed E-state index contributed by atoms with van der Waals surface area (Å²) in [5.41, 5.74) is 4.06. The highest BCUT2D eigenvalue weighted by Crippen LogP contribution is 2.19. The van der Waals surface area contributed by atoms with E-state index >= 15 is 0 Å². The SMILES string of the molecule is Cc1nn(-c2ccccc2)c(C)c1CC(=O)N1CCNC(C)C1.Cl. The van der Waals surface area contributed by atoms with Gasteiger partial charge in [0.15, 0.2) is 0 Å². The lowest BCUT2D eigenvalue weighted by Gasteiger charge is -2.32. The zero-order valence-electron chi connectivity index (χ0n) is 14.5. The molecule has 24 heavy (non-hydrogen) atoms. The number of rotatable bonds is 3. The molecule has 1 aliphatic rings. The van der Waals surface area contributed by atoms with Gasteiger partial charge in [-0.3, -0.25) is 4.79 Å². The van der Waals surface area contributed by atoms with Crippen molar-refractivity contribution in [3.63, 3.8) is 0 Å². The Morgan fingerprint density at radius 3 is 2.67 bits per heavy atom. The first-order valence-electron chi connectivity index (χ1n) is 8.18. The van der Waals surface area contributed by atoms with Crippen LogP contribution in [-0.4, -0.2) is 46.3 Å². The second-order valence-electron chi connectivity index (χ2n) is 6.27. The Morgan fingerprint density at radius 2 is 2.00 bits per heavy atom. The predicted molar refractivity (Wildman–Crippen MR) is 98.0 cm³/mol. The minimum Gasteiger partial charge on any atom is -0.340 e. The largest absolute Gasteiger partial charge is 0.340 e. The monoisotopic (exact) mass is 348 g/mol. The fraction of sp³-hybridized carbons (Fsp3) is 0.444. The van der Waals surface area contributed by atoms with E-state index in [1.807, 2.05) is 53.8 Å². The number of halogens is 1. The Bertz CT molecular complexity index is 699. The molecule has 0 bridgehead atoms. The van der Waals surface area contributed by atoms with E-state index in [2.05, 4.69) is 17.3 Å². The number of piperazine rings is 1. The van der Waals surface area contributed by atoms with Crippen LogP contribution < -0.4 is 5.32 Å². The number of aromatic nitrogens is 2. The van der Waals surface area contributed by atoms with E-state index in [4.69, 9.17) is 0 Å². The zero-order chi connectivity index (χ0) is 16.4. The molecule has 5 nitrogen and oxygen atoms in total. The molecule has 2 aromatic rings. The molecule has 2 heterocycles. The van der Waals surface area contributed by atoms with Crippen LogP contribution in [0.15, 0.2) is 30.3 Å². The van der Waals surface area contributed by atoms with Crippen LogP contribution in [0.3, 0.4) is 0 Å². The average molecular weight is 349 g/mol. The first-order valence-corrected chi connectivity index (χ1v) is 8.18. The third kappa shape index (κ3) is 3.79. The van der Waals surface area contributed by atoms with Gasteiger partial charge in [0.25, 0.3) is 0 Å². The minimum absolute atomic E-state index is 0. The molecule has 1 fully saturated rings. The standard InChI is InChI=1S/C18H24N4O.ClH/c1-13-12-21(10-9-19-13)18(23)11-17-14(2)20-22(15(17)3)16-7-5-4-6-8-16;/h4-8,13,19H,9-12H2,1-3H3;1H. The Kier molecular flexibility index (Phi) is 6.02. The molecule has 1 aliphatic heterocycles. The molecule has 6 heteroatoms. The van der Waals surface area contributed by atoms with E-state index in [9.17, 15) is 4.79 Å². The Hall–Kier alpha value is -1.85. The summed E-state index contributed by atoms with van der Waals surface area (Å²) >= 11 is 0. The predicted octanol–water partition coefficient (Wildman–Crippen LogP) is 2.27. The number of benzene rings is 1. The second-order valence-corrected chi connectivity index (χ2v) is 6.27. The Labute approximate surface area is 149 Å². The molecule has 1 amide bonds. The van der Waals surface area contributed by atoms with Crippen LogP contribution in [0.5, 0.6) is 0 Å². The number of nitrogens with zero attached hydrogens (tertiary/aromatic N) is 3. The number of amides is 1. The molecular weight excluding hydrogens is 324 g/mol. The van der Waals surface area contributed by atoms with E-state index in [-0.39, 0.29) is 18.3 Å². The molecule has 0 spiro atoms. The summed E-state index contributed by atoms with van der Waals surface area (Å²) in [5.74, 6) is 0.192. The summed E-state index contributed by atoms with van der Waals surface area (Å²) in [5, 5.41) is 8.00. The topological polar surface area (TPSA) is 50.2 Å². The highest BCUT2D eigenvalue weighted by atomic mass is 35.5. The fourth-order valence-corrected chi connectivity index (χ4v) is 3.17. The quantitative estimate of drug-likeness (QED) is 0.925. The van der Waals surface area contributed by atoms with Crippen molar-refractivity contribution < 1.29 is 4.79 Å². The van der Waals surface area contributed by atoms with Crippen molar-refractivity contribution in [1.82, 2.24) is 20.0 Å². The van der Waals surface area contributed by atoms with Crippen LogP contribution in [-0.2, 0) is 11.2 Å². The summed E-state index contributed by atoms with van der Waals surface area (Å²) in [6.07, 6.45) is 0.428. The summed E-state index contributed by atoms with van der Waals surface area (Å²) in [4.78, 5) is 14.6. The van der Waals surface area contributed by atoms with Gasteiger partial charge in [0.05, 0.1) is 17.8 Å². The summed E-state index contributed by atoms with van der Waals surface area (Å²) in [6.45, 7) is 8.57. The Morgan fingerprint density at radius 1 is 1.29 bits per heavy atom. The van der Waals surface area contributed by atoms with Crippen LogP contribution in [0.2, 0.25) is 0 Å². The van der Waals surface area contributed by atoms with Gasteiger partial charge in [0.2, 0.25) is 5.91 Å². The second kappa shape index (κ2) is 7.81. The molecule has 0 radical (unpaired) electrons. The van der Waals surface area contributed by atoms with Crippen LogP contribution >= 0.6 is 12.4 Å². The van der Waals surface area contributed by atoms with Crippen molar-refractivity contribution in [3.8, 4) is 5.69 Å². The highest BCUT2D eigenvalue weighted by Gasteiger charge is 2.23. The van der Waals surface area contributed by atoms with Gasteiger partial charge < -0.3 is 10.2 Å². The van der Waals surface area contributed by atoms with Crippen LogP contribution in [0.25, 0.3) is 5.69 Å². The van der Waals surface area contributed by atoms with Crippen LogP contribution in [0.1, 0.15) is 23.9 Å². The maximum absolute atomic E-state index is 12.6. The van der Waals surface area contributed by atoms with Gasteiger partial charge in [0.1, 0.15) is 0 Å². The van der Waals surface area contributed by atoms with Crippen molar-refractivity contribution in [2.75, 3.05) is 19.6 Å². The number of carbonyl (C=O) groups is 1. The van der Waals surface area contributed by atoms with Crippen LogP contribution in [0.4, 0.5) is 0 Å². The van der Waals surface area contributed by atoms with E-state index in [0.717, 1.165) is 42.3 Å². The minimum atomic E-state index is 0. The maximum Gasteiger partial charge on any atom is 0.227 e. The third-order valence-corrected chi connectivity index (χ3v) is 4.49. The number of aryl methyl sites for hydroxylation is 1. The van der Waals surface area contributed by atoms with Gasteiger partial charge in [-0.1, -0.05) is 18.2 Å². The number of nitrogens with one attached hydrogen (secondary N) is 1. The number of hydrogen-bond acceptors (Lipinski definition) is 3. The van der Waals surface area contributed by atoms with E-state index in [1.165, 1.54) is 0 Å². The lowest BCUT2D eigenvalue weighted by molar-refractivity contribution is -0.131. The van der Waals surface area contributed by atoms with Gasteiger partial charge in [-0.15, -0.1) is 12.4 Å². The smallest absolute Gasteiger partial charge is 0.227 e. The molecule has 1 saturated heterocycles. The zero-order valence-corrected chi connectivity index (χ0v) is 15.3. The van der Waals surface area contributed by atoms with Gasteiger partial charge >= 0.3 is 0 Å². The molecule has 1 N–H and O–H groups in total. The summed E-state index contributed by atoms with van der Waals surface area (Å²) < 4.78 is 1.93. The molecule has 1 unspecified atom stereocenters. The van der Waals surface area contributed by atoms with Gasteiger partial charge in [-0.25, -0.2) is 4.68 Å². The number of carbonyl (C=O) groups excluding carboxylic acids is 1. The average Bonchev–Trinajstić information content (AvgIpc) is 2.84. The van der Waals surface area contributed by atoms with Gasteiger partial charge in [-0.2, -0.15) is 5.10 Å². The summed E-state index contributed by atoms with van der Waals surface area (Å²) in [6, 6.07) is 10.4. The summed E-state index contributed by atoms with van der Waals surface area (Å²) in [7, 11) is 0.